The molecule has 2 heterocycles. The summed E-state index contributed by atoms with van der Waals surface area (Å²) in [5.41, 5.74) is 0.188. The molecule has 2 rings (SSSR count). The third kappa shape index (κ3) is 5.49. The lowest BCUT2D eigenvalue weighted by Crippen LogP contribution is -2.30. The zero-order valence-corrected chi connectivity index (χ0v) is 14.8. The first-order valence-corrected chi connectivity index (χ1v) is 8.11. The van der Waals surface area contributed by atoms with E-state index < -0.39 is 17.6 Å². The van der Waals surface area contributed by atoms with Gasteiger partial charge in [0.25, 0.3) is 5.91 Å². The molecule has 2 aromatic rings. The van der Waals surface area contributed by atoms with Crippen LogP contribution in [0.4, 0.5) is 0 Å². The summed E-state index contributed by atoms with van der Waals surface area (Å²) in [5, 5.41) is 6.54. The molecule has 0 aromatic carbocycles. The minimum Gasteiger partial charge on any atom is -0.384 e. The summed E-state index contributed by atoms with van der Waals surface area (Å²) in [4.78, 5) is 34.6. The highest BCUT2D eigenvalue weighted by Gasteiger charge is 2.19. The van der Waals surface area contributed by atoms with Gasteiger partial charge in [0.15, 0.2) is 5.82 Å². The van der Waals surface area contributed by atoms with Gasteiger partial charge in [-0.1, -0.05) is 19.0 Å². The molecule has 0 aliphatic rings. The van der Waals surface area contributed by atoms with Gasteiger partial charge in [-0.2, -0.15) is 9.97 Å². The van der Waals surface area contributed by atoms with Gasteiger partial charge in [0.1, 0.15) is 11.7 Å². The smallest absolute Gasteiger partial charge is 0.345 e. The van der Waals surface area contributed by atoms with E-state index in [4.69, 9.17) is 9.26 Å². The lowest BCUT2D eigenvalue weighted by molar-refractivity contribution is 0.0926. The van der Waals surface area contributed by atoms with Crippen LogP contribution in [0.2, 0.25) is 0 Å². The van der Waals surface area contributed by atoms with Crippen LogP contribution in [0.3, 0.4) is 0 Å². The van der Waals surface area contributed by atoms with E-state index in [2.05, 4.69) is 25.4 Å². The van der Waals surface area contributed by atoms with Gasteiger partial charge in [0, 0.05) is 19.2 Å². The Labute approximate surface area is 145 Å². The quantitative estimate of drug-likeness (QED) is 0.729. The summed E-state index contributed by atoms with van der Waals surface area (Å²) in [6.07, 6.45) is 1.18. The fourth-order valence-corrected chi connectivity index (χ4v) is 2.24. The SMILES string of the molecule is COCCc1noc(C(C)NC(=O)c2cc(CC(C)C)[nH]c(=O)n2)n1. The van der Waals surface area contributed by atoms with Crippen LogP contribution in [0.25, 0.3) is 0 Å². The van der Waals surface area contributed by atoms with Crippen molar-refractivity contribution in [2.24, 2.45) is 5.92 Å². The topological polar surface area (TPSA) is 123 Å². The molecule has 0 aliphatic carbocycles. The van der Waals surface area contributed by atoms with Gasteiger partial charge in [-0.3, -0.25) is 4.79 Å². The minimum atomic E-state index is -0.546. The van der Waals surface area contributed by atoms with Gasteiger partial charge in [-0.25, -0.2) is 4.79 Å². The Kier molecular flexibility index (Phi) is 6.40. The molecule has 0 saturated carbocycles. The van der Waals surface area contributed by atoms with Gasteiger partial charge in [0.2, 0.25) is 5.89 Å². The van der Waals surface area contributed by atoms with Gasteiger partial charge >= 0.3 is 5.69 Å². The number of aromatic amines is 1. The first-order chi connectivity index (χ1) is 11.9. The van der Waals surface area contributed by atoms with E-state index >= 15 is 0 Å². The van der Waals surface area contributed by atoms with Crippen molar-refractivity contribution in [1.29, 1.82) is 0 Å². The van der Waals surface area contributed by atoms with Crippen LogP contribution in [-0.4, -0.2) is 39.7 Å². The van der Waals surface area contributed by atoms with Crippen molar-refractivity contribution >= 4 is 5.91 Å². The van der Waals surface area contributed by atoms with Crippen molar-refractivity contribution in [3.05, 3.63) is 39.7 Å². The van der Waals surface area contributed by atoms with Crippen LogP contribution in [-0.2, 0) is 17.6 Å². The molecular formula is C16H23N5O4. The molecule has 0 radical (unpaired) electrons. The second kappa shape index (κ2) is 8.52. The Morgan fingerprint density at radius 2 is 2.12 bits per heavy atom. The van der Waals surface area contributed by atoms with E-state index in [0.29, 0.717) is 36.9 Å². The average molecular weight is 349 g/mol. The maximum Gasteiger partial charge on any atom is 0.345 e. The van der Waals surface area contributed by atoms with Gasteiger partial charge in [-0.05, 0) is 25.3 Å². The predicted molar refractivity (Wildman–Crippen MR) is 89.2 cm³/mol. The first kappa shape index (κ1) is 18.8. The van der Waals surface area contributed by atoms with E-state index in [1.807, 2.05) is 13.8 Å². The zero-order valence-electron chi connectivity index (χ0n) is 14.8. The molecule has 1 unspecified atom stereocenters. The number of hydrogen-bond acceptors (Lipinski definition) is 7. The Morgan fingerprint density at radius 3 is 2.80 bits per heavy atom. The van der Waals surface area contributed by atoms with Crippen LogP contribution in [0.1, 0.15) is 54.7 Å². The van der Waals surface area contributed by atoms with Gasteiger partial charge in [-0.15, -0.1) is 0 Å². The third-order valence-electron chi connectivity index (χ3n) is 3.39. The molecule has 0 aliphatic heterocycles. The van der Waals surface area contributed by atoms with Crippen LogP contribution >= 0.6 is 0 Å². The highest BCUT2D eigenvalue weighted by atomic mass is 16.5. The van der Waals surface area contributed by atoms with Gasteiger partial charge in [0.05, 0.1) is 6.61 Å². The van der Waals surface area contributed by atoms with Gasteiger partial charge < -0.3 is 19.6 Å². The van der Waals surface area contributed by atoms with Crippen LogP contribution in [0, 0.1) is 5.92 Å². The van der Waals surface area contributed by atoms with Crippen LogP contribution < -0.4 is 11.0 Å². The normalized spacial score (nSPS) is 12.4. The molecule has 2 aromatic heterocycles. The van der Waals surface area contributed by atoms with Crippen molar-refractivity contribution in [3.63, 3.8) is 0 Å². The second-order valence-corrected chi connectivity index (χ2v) is 6.18. The Hall–Kier alpha value is -2.55. The van der Waals surface area contributed by atoms with Crippen molar-refractivity contribution < 1.29 is 14.1 Å². The van der Waals surface area contributed by atoms with E-state index in [-0.39, 0.29) is 11.6 Å². The molecule has 1 amide bonds. The monoisotopic (exact) mass is 349 g/mol. The lowest BCUT2D eigenvalue weighted by atomic mass is 10.1. The number of nitrogens with one attached hydrogen (secondary N) is 2. The molecule has 25 heavy (non-hydrogen) atoms. The van der Waals surface area contributed by atoms with E-state index in [0.717, 1.165) is 0 Å². The number of nitrogens with zero attached hydrogens (tertiary/aromatic N) is 3. The summed E-state index contributed by atoms with van der Waals surface area (Å²) in [5.74, 6) is 0.662. The molecule has 9 heteroatoms. The Bertz CT molecular complexity index is 768. The fraction of sp³-hybridized carbons (Fsp3) is 0.562. The molecule has 0 spiro atoms. The second-order valence-electron chi connectivity index (χ2n) is 6.18. The van der Waals surface area contributed by atoms with E-state index in [1.165, 1.54) is 0 Å². The Morgan fingerprint density at radius 1 is 1.36 bits per heavy atom. The number of ether oxygens (including phenoxy) is 1. The summed E-state index contributed by atoms with van der Waals surface area (Å²) >= 11 is 0. The van der Waals surface area contributed by atoms with Crippen LogP contribution in [0.15, 0.2) is 15.4 Å². The highest BCUT2D eigenvalue weighted by Crippen LogP contribution is 2.11. The van der Waals surface area contributed by atoms with Crippen molar-refractivity contribution in [2.45, 2.75) is 39.7 Å². The molecule has 1 atom stereocenters. The standard InChI is InChI=1S/C16H23N5O4/c1-9(2)7-11-8-12(19-16(23)18-11)14(22)17-10(3)15-20-13(21-25-15)5-6-24-4/h8-10H,5-7H2,1-4H3,(H,17,22)(H,18,19,23). The summed E-state index contributed by atoms with van der Waals surface area (Å²) in [7, 11) is 1.59. The summed E-state index contributed by atoms with van der Waals surface area (Å²) in [6.45, 7) is 6.25. The van der Waals surface area contributed by atoms with Crippen molar-refractivity contribution in [2.75, 3.05) is 13.7 Å². The minimum absolute atomic E-state index is 0.0605. The number of rotatable bonds is 8. The molecular weight excluding hydrogens is 326 g/mol. The first-order valence-electron chi connectivity index (χ1n) is 8.11. The fourth-order valence-electron chi connectivity index (χ4n) is 2.24. The molecule has 2 N–H and O–H groups in total. The number of H-pyrrole nitrogens is 1. The summed E-state index contributed by atoms with van der Waals surface area (Å²) < 4.78 is 10.1. The molecule has 0 bridgehead atoms. The molecule has 136 valence electrons. The maximum atomic E-state index is 12.4. The highest BCUT2D eigenvalue weighted by molar-refractivity contribution is 5.92. The van der Waals surface area contributed by atoms with E-state index in [9.17, 15) is 9.59 Å². The number of aromatic nitrogens is 4. The van der Waals surface area contributed by atoms with Crippen molar-refractivity contribution in [1.82, 2.24) is 25.4 Å². The molecule has 0 saturated heterocycles. The Balaban J connectivity index is 2.07. The number of carbonyl (C=O) groups is 1. The molecule has 9 nitrogen and oxygen atoms in total. The lowest BCUT2D eigenvalue weighted by Gasteiger charge is -2.10. The molecule has 0 fully saturated rings. The number of carbonyl (C=O) groups excluding carboxylic acids is 1. The van der Waals surface area contributed by atoms with E-state index in [1.54, 1.807) is 20.1 Å². The number of hydrogen-bond donors (Lipinski definition) is 2. The van der Waals surface area contributed by atoms with Crippen molar-refractivity contribution in [3.8, 4) is 0 Å². The largest absolute Gasteiger partial charge is 0.384 e. The third-order valence-corrected chi connectivity index (χ3v) is 3.39. The maximum absolute atomic E-state index is 12.4. The zero-order chi connectivity index (χ0) is 18.4. The van der Waals surface area contributed by atoms with Crippen LogP contribution in [0.5, 0.6) is 0 Å². The average Bonchev–Trinajstić information content (AvgIpc) is 3.00. The number of methoxy groups -OCH3 is 1. The predicted octanol–water partition coefficient (Wildman–Crippen LogP) is 1.03. The number of amides is 1. The summed E-state index contributed by atoms with van der Waals surface area (Å²) in [6, 6.07) is 1.08.